The highest BCUT2D eigenvalue weighted by molar-refractivity contribution is 6.32. The minimum absolute atomic E-state index is 0.0165. The standard InChI is InChI=1S/C8H10ClN3O3/c1-6(13)3-2-4-11-5-7(9)8(10-11)12(14)15/h5H,2-4H2,1H3. The van der Waals surface area contributed by atoms with Gasteiger partial charge in [0.05, 0.1) is 17.8 Å². The van der Waals surface area contributed by atoms with E-state index in [0.29, 0.717) is 19.4 Å². The van der Waals surface area contributed by atoms with Crippen molar-refractivity contribution in [2.75, 3.05) is 0 Å². The van der Waals surface area contributed by atoms with Crippen molar-refractivity contribution in [1.82, 2.24) is 9.78 Å². The van der Waals surface area contributed by atoms with E-state index >= 15 is 0 Å². The summed E-state index contributed by atoms with van der Waals surface area (Å²) in [6.07, 6.45) is 2.43. The predicted octanol–water partition coefficient (Wildman–Crippen LogP) is 1.81. The number of hydrogen-bond donors (Lipinski definition) is 0. The number of rotatable bonds is 5. The first-order chi connectivity index (χ1) is 7.00. The Morgan fingerprint density at radius 2 is 2.40 bits per heavy atom. The topological polar surface area (TPSA) is 78.0 Å². The second-order valence-corrected chi connectivity index (χ2v) is 3.53. The molecule has 1 heterocycles. The third-order valence-corrected chi connectivity index (χ3v) is 2.05. The van der Waals surface area contributed by atoms with Crippen LogP contribution in [0.1, 0.15) is 19.8 Å². The molecule has 6 nitrogen and oxygen atoms in total. The van der Waals surface area contributed by atoms with Gasteiger partial charge in [0.1, 0.15) is 5.78 Å². The van der Waals surface area contributed by atoms with Crippen molar-refractivity contribution < 1.29 is 9.72 Å². The Morgan fingerprint density at radius 1 is 1.73 bits per heavy atom. The van der Waals surface area contributed by atoms with Gasteiger partial charge in [0.2, 0.25) is 0 Å². The Labute approximate surface area is 91.0 Å². The van der Waals surface area contributed by atoms with Crippen molar-refractivity contribution in [3.05, 3.63) is 21.3 Å². The van der Waals surface area contributed by atoms with Gasteiger partial charge in [-0.1, -0.05) is 11.6 Å². The van der Waals surface area contributed by atoms with Crippen LogP contribution < -0.4 is 0 Å². The van der Waals surface area contributed by atoms with E-state index < -0.39 is 4.92 Å². The first-order valence-corrected chi connectivity index (χ1v) is 4.75. The minimum atomic E-state index is -0.635. The fourth-order valence-electron chi connectivity index (χ4n) is 1.12. The number of aromatic nitrogens is 2. The van der Waals surface area contributed by atoms with Gasteiger partial charge in [0, 0.05) is 6.42 Å². The van der Waals surface area contributed by atoms with Crippen molar-refractivity contribution in [2.45, 2.75) is 26.3 Å². The van der Waals surface area contributed by atoms with Gasteiger partial charge in [-0.25, -0.2) is 0 Å². The smallest absolute Gasteiger partial charge is 0.358 e. The van der Waals surface area contributed by atoms with Gasteiger partial charge >= 0.3 is 5.82 Å². The van der Waals surface area contributed by atoms with Gasteiger partial charge < -0.3 is 14.9 Å². The van der Waals surface area contributed by atoms with Crippen molar-refractivity contribution in [1.29, 1.82) is 0 Å². The van der Waals surface area contributed by atoms with Gasteiger partial charge in [0.25, 0.3) is 0 Å². The van der Waals surface area contributed by atoms with E-state index in [1.54, 1.807) is 0 Å². The van der Waals surface area contributed by atoms with Crippen LogP contribution in [0.3, 0.4) is 0 Å². The van der Waals surface area contributed by atoms with E-state index in [2.05, 4.69) is 5.10 Å². The number of ketones is 1. The maximum atomic E-state index is 10.7. The number of carbonyl (C=O) groups is 1. The Bertz CT molecular complexity index is 388. The molecular weight excluding hydrogens is 222 g/mol. The number of carbonyl (C=O) groups excluding carboxylic acids is 1. The average molecular weight is 232 g/mol. The zero-order chi connectivity index (χ0) is 11.4. The Balaban J connectivity index is 2.59. The molecule has 0 amide bonds. The molecule has 0 radical (unpaired) electrons. The molecule has 7 heteroatoms. The number of halogens is 1. The fraction of sp³-hybridized carbons (Fsp3) is 0.500. The molecule has 0 aliphatic rings. The van der Waals surface area contributed by atoms with Crippen LogP contribution in [0.4, 0.5) is 5.82 Å². The summed E-state index contributed by atoms with van der Waals surface area (Å²) in [5, 5.41) is 14.1. The van der Waals surface area contributed by atoms with E-state index in [1.165, 1.54) is 17.8 Å². The SMILES string of the molecule is CC(=O)CCCn1cc(Cl)c([N+](=O)[O-])n1. The summed E-state index contributed by atoms with van der Waals surface area (Å²) in [7, 11) is 0. The lowest BCUT2D eigenvalue weighted by Gasteiger charge is -1.93. The summed E-state index contributed by atoms with van der Waals surface area (Å²) in [5.41, 5.74) is 0. The molecule has 0 unspecified atom stereocenters. The number of Topliss-reactive ketones (excluding diaryl/α,β-unsaturated/α-hetero) is 1. The fourth-order valence-corrected chi connectivity index (χ4v) is 1.33. The van der Waals surface area contributed by atoms with E-state index in [9.17, 15) is 14.9 Å². The predicted molar refractivity (Wildman–Crippen MR) is 53.8 cm³/mol. The summed E-state index contributed by atoms with van der Waals surface area (Å²) in [4.78, 5) is 20.4. The van der Waals surface area contributed by atoms with Crippen LogP contribution in [0.5, 0.6) is 0 Å². The first kappa shape index (κ1) is 11.6. The van der Waals surface area contributed by atoms with Crippen LogP contribution in [-0.4, -0.2) is 20.5 Å². The lowest BCUT2D eigenvalue weighted by atomic mass is 10.2. The summed E-state index contributed by atoms with van der Waals surface area (Å²) < 4.78 is 1.38. The number of aryl methyl sites for hydroxylation is 1. The summed E-state index contributed by atoms with van der Waals surface area (Å²) in [5.74, 6) is -0.262. The highest BCUT2D eigenvalue weighted by Crippen LogP contribution is 2.21. The zero-order valence-corrected chi connectivity index (χ0v) is 8.90. The van der Waals surface area contributed by atoms with Gasteiger partial charge in [-0.2, -0.15) is 4.68 Å². The molecule has 0 saturated heterocycles. The van der Waals surface area contributed by atoms with Crippen LogP contribution >= 0.6 is 11.6 Å². The largest absolute Gasteiger partial charge is 0.408 e. The van der Waals surface area contributed by atoms with Gasteiger partial charge in [-0.3, -0.25) is 0 Å². The lowest BCUT2D eigenvalue weighted by molar-refractivity contribution is -0.389. The zero-order valence-electron chi connectivity index (χ0n) is 8.14. The Morgan fingerprint density at radius 3 is 2.87 bits per heavy atom. The van der Waals surface area contributed by atoms with E-state index in [-0.39, 0.29) is 16.6 Å². The van der Waals surface area contributed by atoms with E-state index in [4.69, 9.17) is 11.6 Å². The Kier molecular flexibility index (Phi) is 3.79. The molecule has 0 fully saturated rings. The minimum Gasteiger partial charge on any atom is -0.358 e. The van der Waals surface area contributed by atoms with Crippen LogP contribution in [0.15, 0.2) is 6.20 Å². The first-order valence-electron chi connectivity index (χ1n) is 4.37. The molecule has 0 aliphatic heterocycles. The molecule has 0 aromatic carbocycles. The van der Waals surface area contributed by atoms with Crippen LogP contribution in [0, 0.1) is 10.1 Å². The molecule has 1 aromatic rings. The van der Waals surface area contributed by atoms with Crippen molar-refractivity contribution in [2.24, 2.45) is 0 Å². The molecule has 0 saturated carbocycles. The van der Waals surface area contributed by atoms with Crippen molar-refractivity contribution >= 4 is 23.2 Å². The molecule has 1 aromatic heterocycles. The quantitative estimate of drug-likeness (QED) is 0.572. The summed E-state index contributed by atoms with van der Waals surface area (Å²) >= 11 is 5.59. The van der Waals surface area contributed by atoms with Crippen LogP contribution in [0.2, 0.25) is 5.02 Å². The normalized spacial score (nSPS) is 10.3. The number of hydrogen-bond acceptors (Lipinski definition) is 4. The maximum absolute atomic E-state index is 10.7. The molecule has 1 rings (SSSR count). The third kappa shape index (κ3) is 3.32. The molecule has 0 atom stereocenters. The number of nitrogens with zero attached hydrogens (tertiary/aromatic N) is 3. The molecular formula is C8H10ClN3O3. The summed E-state index contributed by atoms with van der Waals surface area (Å²) in [6.45, 7) is 1.95. The molecule has 0 bridgehead atoms. The lowest BCUT2D eigenvalue weighted by Crippen LogP contribution is -2.01. The summed E-state index contributed by atoms with van der Waals surface area (Å²) in [6, 6.07) is 0. The van der Waals surface area contributed by atoms with Gasteiger partial charge in [-0.15, -0.1) is 0 Å². The van der Waals surface area contributed by atoms with Crippen LogP contribution in [-0.2, 0) is 11.3 Å². The maximum Gasteiger partial charge on any atom is 0.408 e. The highest BCUT2D eigenvalue weighted by atomic mass is 35.5. The highest BCUT2D eigenvalue weighted by Gasteiger charge is 2.18. The van der Waals surface area contributed by atoms with Gasteiger partial charge in [-0.05, 0) is 18.3 Å². The second-order valence-electron chi connectivity index (χ2n) is 3.13. The van der Waals surface area contributed by atoms with E-state index in [0.717, 1.165) is 0 Å². The van der Waals surface area contributed by atoms with Crippen molar-refractivity contribution in [3.8, 4) is 0 Å². The van der Waals surface area contributed by atoms with E-state index in [1.807, 2.05) is 0 Å². The molecule has 0 aliphatic carbocycles. The van der Waals surface area contributed by atoms with Crippen LogP contribution in [0.25, 0.3) is 0 Å². The van der Waals surface area contributed by atoms with Crippen molar-refractivity contribution in [3.63, 3.8) is 0 Å². The average Bonchev–Trinajstić information content (AvgIpc) is 2.46. The molecule has 0 N–H and O–H groups in total. The van der Waals surface area contributed by atoms with Gasteiger partial charge in [0.15, 0.2) is 5.02 Å². The number of nitro groups is 1. The second kappa shape index (κ2) is 4.88. The monoisotopic (exact) mass is 231 g/mol. The third-order valence-electron chi connectivity index (χ3n) is 1.79. The molecule has 15 heavy (non-hydrogen) atoms. The molecule has 82 valence electrons. The Hall–Kier alpha value is -1.43. The molecule has 0 spiro atoms.